The molecule has 3 aromatic heterocycles. The minimum Gasteiger partial charge on any atom is -0.456 e. The highest BCUT2D eigenvalue weighted by atomic mass is 16.3. The zero-order chi connectivity index (χ0) is 35.4. The van der Waals surface area contributed by atoms with Gasteiger partial charge in [-0.05, 0) is 76.9 Å². The molecule has 0 N–H and O–H groups in total. The third-order valence-electron chi connectivity index (χ3n) is 9.48. The van der Waals surface area contributed by atoms with E-state index in [1.54, 1.807) is 0 Å². The van der Waals surface area contributed by atoms with Crippen molar-refractivity contribution in [3.8, 4) is 89.9 Å². The number of rotatable bonds is 8. The fourth-order valence-electron chi connectivity index (χ4n) is 6.78. The maximum atomic E-state index is 6.59. The molecule has 250 valence electrons. The Labute approximate surface area is 309 Å². The van der Waals surface area contributed by atoms with Crippen molar-refractivity contribution < 1.29 is 4.42 Å². The van der Waals surface area contributed by atoms with Gasteiger partial charge in [-0.3, -0.25) is 0 Å². The standard InChI is InChI=1S/C50H34N2O/c1-6-16-35(17-7-1)45-31-42(32-46(51-45)36-18-8-2-9-19-36)40-28-41(30-44(29-40)50-27-26-49(53-50)39-24-14-5-15-25-39)43-33-47(37-20-10-3-11-21-37)52-48(34-43)38-22-12-4-13-23-38/h1-34H. The third kappa shape index (κ3) is 6.84. The molecule has 0 fully saturated rings. The van der Waals surface area contributed by atoms with Crippen LogP contribution in [0.25, 0.3) is 89.9 Å². The molecule has 0 aliphatic rings. The summed E-state index contributed by atoms with van der Waals surface area (Å²) >= 11 is 0. The highest BCUT2D eigenvalue weighted by Gasteiger charge is 2.16. The second-order valence-corrected chi connectivity index (χ2v) is 13.0. The number of furan rings is 1. The Kier molecular flexibility index (Phi) is 8.57. The van der Waals surface area contributed by atoms with Crippen LogP contribution in [0, 0.1) is 0 Å². The minimum absolute atomic E-state index is 0.799. The molecule has 0 saturated heterocycles. The van der Waals surface area contributed by atoms with Gasteiger partial charge >= 0.3 is 0 Å². The molecule has 0 radical (unpaired) electrons. The van der Waals surface area contributed by atoms with Crippen LogP contribution in [0.4, 0.5) is 0 Å². The predicted molar refractivity (Wildman–Crippen MR) is 218 cm³/mol. The van der Waals surface area contributed by atoms with Gasteiger partial charge in [0, 0.05) is 33.4 Å². The van der Waals surface area contributed by atoms with Crippen molar-refractivity contribution in [2.24, 2.45) is 0 Å². The van der Waals surface area contributed by atoms with Crippen molar-refractivity contribution in [3.05, 3.63) is 206 Å². The van der Waals surface area contributed by atoms with E-state index < -0.39 is 0 Å². The Morgan fingerprint density at radius 3 is 0.830 bits per heavy atom. The summed E-state index contributed by atoms with van der Waals surface area (Å²) < 4.78 is 6.59. The molecule has 0 atom stereocenters. The van der Waals surface area contributed by atoms with Gasteiger partial charge in [-0.1, -0.05) is 152 Å². The molecule has 0 amide bonds. The Hall–Kier alpha value is -7.10. The van der Waals surface area contributed by atoms with Crippen LogP contribution in [-0.4, -0.2) is 9.97 Å². The number of nitrogens with zero attached hydrogens (tertiary/aromatic N) is 2. The maximum absolute atomic E-state index is 6.59. The molecule has 9 aromatic rings. The Morgan fingerprint density at radius 2 is 0.491 bits per heavy atom. The van der Waals surface area contributed by atoms with Crippen molar-refractivity contribution in [2.75, 3.05) is 0 Å². The van der Waals surface area contributed by atoms with Crippen molar-refractivity contribution in [3.63, 3.8) is 0 Å². The van der Waals surface area contributed by atoms with E-state index in [0.717, 1.165) is 89.9 Å². The Bertz CT molecular complexity index is 2370. The van der Waals surface area contributed by atoms with Gasteiger partial charge in [0.1, 0.15) is 11.5 Å². The van der Waals surface area contributed by atoms with Gasteiger partial charge in [0.05, 0.1) is 22.8 Å². The molecule has 0 bridgehead atoms. The molecule has 9 rings (SSSR count). The summed E-state index contributed by atoms with van der Waals surface area (Å²) in [5.74, 6) is 1.63. The van der Waals surface area contributed by atoms with Crippen LogP contribution in [0.5, 0.6) is 0 Å². The Balaban J connectivity index is 1.27. The summed E-state index contributed by atoms with van der Waals surface area (Å²) in [5.41, 5.74) is 14.2. The van der Waals surface area contributed by atoms with Crippen LogP contribution in [0.15, 0.2) is 211 Å². The van der Waals surface area contributed by atoms with E-state index in [1.165, 1.54) is 0 Å². The van der Waals surface area contributed by atoms with Gasteiger partial charge in [0.2, 0.25) is 0 Å². The second kappa shape index (κ2) is 14.3. The molecular weight excluding hydrogens is 645 g/mol. The van der Waals surface area contributed by atoms with Crippen molar-refractivity contribution >= 4 is 0 Å². The molecule has 3 heteroatoms. The monoisotopic (exact) mass is 678 g/mol. The highest BCUT2D eigenvalue weighted by molar-refractivity contribution is 5.85. The number of benzene rings is 6. The normalized spacial score (nSPS) is 11.0. The van der Waals surface area contributed by atoms with Crippen molar-refractivity contribution in [2.45, 2.75) is 0 Å². The van der Waals surface area contributed by atoms with E-state index >= 15 is 0 Å². The number of aromatic nitrogens is 2. The van der Waals surface area contributed by atoms with Gasteiger partial charge in [-0.15, -0.1) is 0 Å². The highest BCUT2D eigenvalue weighted by Crippen LogP contribution is 2.39. The van der Waals surface area contributed by atoms with Crippen molar-refractivity contribution in [1.82, 2.24) is 9.97 Å². The van der Waals surface area contributed by atoms with Gasteiger partial charge in [0.25, 0.3) is 0 Å². The summed E-state index contributed by atoms with van der Waals surface area (Å²) in [6.45, 7) is 0. The lowest BCUT2D eigenvalue weighted by atomic mass is 9.93. The average molecular weight is 679 g/mol. The lowest BCUT2D eigenvalue weighted by molar-refractivity contribution is 0.597. The molecule has 0 saturated carbocycles. The molecule has 6 aromatic carbocycles. The second-order valence-electron chi connectivity index (χ2n) is 13.0. The lowest BCUT2D eigenvalue weighted by Gasteiger charge is -2.15. The minimum atomic E-state index is 0.799. The summed E-state index contributed by atoms with van der Waals surface area (Å²) in [5, 5.41) is 0. The summed E-state index contributed by atoms with van der Waals surface area (Å²) in [6.07, 6.45) is 0. The van der Waals surface area contributed by atoms with E-state index in [2.05, 4.69) is 164 Å². The van der Waals surface area contributed by atoms with Gasteiger partial charge < -0.3 is 4.42 Å². The predicted octanol–water partition coefficient (Wildman–Crippen LogP) is 13.4. The Morgan fingerprint density at radius 1 is 0.226 bits per heavy atom. The molecule has 0 aliphatic heterocycles. The first kappa shape index (κ1) is 31.9. The fraction of sp³-hybridized carbons (Fsp3) is 0. The maximum Gasteiger partial charge on any atom is 0.134 e. The van der Waals surface area contributed by atoms with Crippen LogP contribution < -0.4 is 0 Å². The summed E-state index contributed by atoms with van der Waals surface area (Å²) in [7, 11) is 0. The van der Waals surface area contributed by atoms with Crippen LogP contribution in [-0.2, 0) is 0 Å². The van der Waals surface area contributed by atoms with E-state index in [-0.39, 0.29) is 0 Å². The lowest BCUT2D eigenvalue weighted by Crippen LogP contribution is -1.93. The largest absolute Gasteiger partial charge is 0.456 e. The third-order valence-corrected chi connectivity index (χ3v) is 9.48. The molecule has 3 nitrogen and oxygen atoms in total. The number of pyridine rings is 2. The average Bonchev–Trinajstić information content (AvgIpc) is 3.76. The topological polar surface area (TPSA) is 38.9 Å². The van der Waals surface area contributed by atoms with E-state index in [4.69, 9.17) is 14.4 Å². The molecule has 0 spiro atoms. The molecular formula is C50H34N2O. The van der Waals surface area contributed by atoms with Gasteiger partial charge in [-0.2, -0.15) is 0 Å². The molecule has 0 aliphatic carbocycles. The first-order valence-corrected chi connectivity index (χ1v) is 17.8. The van der Waals surface area contributed by atoms with Gasteiger partial charge in [-0.25, -0.2) is 9.97 Å². The zero-order valence-corrected chi connectivity index (χ0v) is 28.9. The van der Waals surface area contributed by atoms with Crippen LogP contribution in [0.1, 0.15) is 0 Å². The van der Waals surface area contributed by atoms with Crippen LogP contribution >= 0.6 is 0 Å². The van der Waals surface area contributed by atoms with Gasteiger partial charge in [0.15, 0.2) is 0 Å². The first-order chi connectivity index (χ1) is 26.2. The van der Waals surface area contributed by atoms with E-state index in [1.807, 2.05) is 42.5 Å². The SMILES string of the molecule is c1ccc(-c2cc(-c3cc(-c4cc(-c5ccccc5)nc(-c5ccccc5)c4)cc(-c4ccc(-c5ccccc5)o4)c3)cc(-c3ccccc3)n2)cc1. The van der Waals surface area contributed by atoms with Crippen molar-refractivity contribution in [1.29, 1.82) is 0 Å². The summed E-state index contributed by atoms with van der Waals surface area (Å²) in [6, 6.07) is 71.4. The van der Waals surface area contributed by atoms with E-state index in [9.17, 15) is 0 Å². The fourth-order valence-corrected chi connectivity index (χ4v) is 6.78. The molecule has 53 heavy (non-hydrogen) atoms. The quantitative estimate of drug-likeness (QED) is 0.161. The number of hydrogen-bond donors (Lipinski definition) is 0. The molecule has 0 unspecified atom stereocenters. The number of hydrogen-bond acceptors (Lipinski definition) is 3. The van der Waals surface area contributed by atoms with Crippen LogP contribution in [0.3, 0.4) is 0 Å². The smallest absolute Gasteiger partial charge is 0.134 e. The zero-order valence-electron chi connectivity index (χ0n) is 28.9. The van der Waals surface area contributed by atoms with Crippen LogP contribution in [0.2, 0.25) is 0 Å². The van der Waals surface area contributed by atoms with E-state index in [0.29, 0.717) is 0 Å². The summed E-state index contributed by atoms with van der Waals surface area (Å²) in [4.78, 5) is 10.3. The molecule has 3 heterocycles. The first-order valence-electron chi connectivity index (χ1n) is 17.8.